The zero-order valence-electron chi connectivity index (χ0n) is 15.3. The van der Waals surface area contributed by atoms with Crippen LogP contribution in [-0.2, 0) is 21.2 Å². The monoisotopic (exact) mass is 396 g/mol. The van der Waals surface area contributed by atoms with Crippen molar-refractivity contribution in [1.29, 1.82) is 0 Å². The van der Waals surface area contributed by atoms with E-state index in [1.54, 1.807) is 6.07 Å². The first kappa shape index (κ1) is 19.6. The van der Waals surface area contributed by atoms with Gasteiger partial charge in [0.2, 0.25) is 15.9 Å². The van der Waals surface area contributed by atoms with E-state index in [2.05, 4.69) is 5.32 Å². The Morgan fingerprint density at radius 2 is 1.61 bits per heavy atom. The number of nitrogens with one attached hydrogen (secondary N) is 1. The third-order valence-corrected chi connectivity index (χ3v) is 5.11. The molecule has 0 bridgehead atoms. The molecule has 0 unspecified atom stereocenters. The molecule has 0 aliphatic carbocycles. The van der Waals surface area contributed by atoms with Crippen LogP contribution in [0.3, 0.4) is 0 Å². The number of hydrogen-bond donors (Lipinski definition) is 2. The summed E-state index contributed by atoms with van der Waals surface area (Å²) in [4.78, 5) is 12.1. The number of anilines is 1. The zero-order chi connectivity index (χ0) is 20.1. The minimum Gasteiger partial charge on any atom is -0.495 e. The third kappa shape index (κ3) is 4.76. The quantitative estimate of drug-likeness (QED) is 0.668. The number of carbonyl (C=O) groups is 1. The number of sulfonamides is 1. The second-order valence-electron chi connectivity index (χ2n) is 6.20. The van der Waals surface area contributed by atoms with Gasteiger partial charge in [0.05, 0.1) is 13.5 Å². The summed E-state index contributed by atoms with van der Waals surface area (Å²) >= 11 is 0. The van der Waals surface area contributed by atoms with Crippen molar-refractivity contribution >= 4 is 21.6 Å². The van der Waals surface area contributed by atoms with Gasteiger partial charge in [-0.15, -0.1) is 0 Å². The lowest BCUT2D eigenvalue weighted by atomic mass is 10.0. The summed E-state index contributed by atoms with van der Waals surface area (Å²) in [5.41, 5.74) is 3.35. The molecular weight excluding hydrogens is 376 g/mol. The van der Waals surface area contributed by atoms with Crippen molar-refractivity contribution in [3.63, 3.8) is 0 Å². The van der Waals surface area contributed by atoms with E-state index < -0.39 is 10.0 Å². The van der Waals surface area contributed by atoms with Crippen LogP contribution in [0, 0.1) is 0 Å². The molecule has 28 heavy (non-hydrogen) atoms. The Bertz CT molecular complexity index is 1080. The molecule has 3 rings (SSSR count). The third-order valence-electron chi connectivity index (χ3n) is 4.18. The van der Waals surface area contributed by atoms with Gasteiger partial charge in [-0.2, -0.15) is 0 Å². The van der Waals surface area contributed by atoms with Gasteiger partial charge in [-0.3, -0.25) is 4.79 Å². The lowest BCUT2D eigenvalue weighted by Crippen LogP contribution is -2.17. The Hall–Kier alpha value is -3.16. The van der Waals surface area contributed by atoms with Crippen LogP contribution in [-0.4, -0.2) is 21.4 Å². The summed E-state index contributed by atoms with van der Waals surface area (Å²) < 4.78 is 28.4. The lowest BCUT2D eigenvalue weighted by molar-refractivity contribution is -0.115. The molecule has 0 aliphatic heterocycles. The number of nitrogens with two attached hydrogens (primary N) is 1. The van der Waals surface area contributed by atoms with Gasteiger partial charge in [0.25, 0.3) is 0 Å². The van der Waals surface area contributed by atoms with Crippen LogP contribution in [0.25, 0.3) is 11.1 Å². The Morgan fingerprint density at radius 3 is 2.21 bits per heavy atom. The number of carbonyl (C=O) groups excluding carboxylic acids is 1. The summed E-state index contributed by atoms with van der Waals surface area (Å²) in [5.74, 6) is -0.144. The molecule has 144 valence electrons. The van der Waals surface area contributed by atoms with E-state index in [9.17, 15) is 13.2 Å². The number of hydrogen-bond acceptors (Lipinski definition) is 4. The first-order valence-electron chi connectivity index (χ1n) is 8.52. The number of methoxy groups -OCH3 is 1. The van der Waals surface area contributed by atoms with Crippen LogP contribution in [0.4, 0.5) is 5.69 Å². The first-order valence-corrected chi connectivity index (χ1v) is 10.1. The predicted octanol–water partition coefficient (Wildman–Crippen LogP) is 3.19. The second-order valence-corrected chi connectivity index (χ2v) is 7.73. The number of amides is 1. The summed E-state index contributed by atoms with van der Waals surface area (Å²) in [6.07, 6.45) is 0.159. The summed E-state index contributed by atoms with van der Waals surface area (Å²) in [6, 6.07) is 22.0. The molecule has 7 heteroatoms. The Labute approximate surface area is 164 Å². The first-order chi connectivity index (χ1) is 13.4. The summed E-state index contributed by atoms with van der Waals surface area (Å²) in [5, 5.41) is 7.88. The van der Waals surface area contributed by atoms with Crippen molar-refractivity contribution in [1.82, 2.24) is 0 Å². The average molecular weight is 396 g/mol. The molecule has 0 spiro atoms. The minimum atomic E-state index is -3.97. The molecule has 0 aliphatic rings. The SMILES string of the molecule is COc1ccc(NC(=O)Cc2ccc(-c3ccccc3)cc2)cc1S(N)(=O)=O. The smallest absolute Gasteiger partial charge is 0.241 e. The maximum absolute atomic E-state index is 12.3. The zero-order valence-corrected chi connectivity index (χ0v) is 16.1. The highest BCUT2D eigenvalue weighted by Crippen LogP contribution is 2.26. The van der Waals surface area contributed by atoms with E-state index >= 15 is 0 Å². The van der Waals surface area contributed by atoms with Crippen LogP contribution in [0.1, 0.15) is 5.56 Å². The molecule has 0 saturated carbocycles. The molecule has 0 heterocycles. The van der Waals surface area contributed by atoms with Gasteiger partial charge in [-0.25, -0.2) is 13.6 Å². The van der Waals surface area contributed by atoms with Crippen molar-refractivity contribution in [2.24, 2.45) is 5.14 Å². The van der Waals surface area contributed by atoms with Gasteiger partial charge in [0.1, 0.15) is 10.6 Å². The standard InChI is InChI=1S/C21H20N2O4S/c1-27-19-12-11-18(14-20(19)28(22,25)26)23-21(24)13-15-7-9-17(10-8-15)16-5-3-2-4-6-16/h2-12,14H,13H2,1H3,(H,23,24)(H2,22,25,26). The maximum Gasteiger partial charge on any atom is 0.241 e. The van der Waals surface area contributed by atoms with E-state index in [0.717, 1.165) is 16.7 Å². The molecule has 0 aromatic heterocycles. The van der Waals surface area contributed by atoms with E-state index in [-0.39, 0.29) is 23.0 Å². The summed E-state index contributed by atoms with van der Waals surface area (Å²) in [7, 11) is -2.62. The van der Waals surface area contributed by atoms with Crippen LogP contribution in [0.2, 0.25) is 0 Å². The lowest BCUT2D eigenvalue weighted by Gasteiger charge is -2.10. The van der Waals surface area contributed by atoms with Crippen molar-refractivity contribution < 1.29 is 17.9 Å². The molecule has 6 nitrogen and oxygen atoms in total. The van der Waals surface area contributed by atoms with Crippen molar-refractivity contribution in [3.05, 3.63) is 78.4 Å². The van der Waals surface area contributed by atoms with Crippen LogP contribution in [0.15, 0.2) is 77.7 Å². The fourth-order valence-electron chi connectivity index (χ4n) is 2.81. The number of benzene rings is 3. The van der Waals surface area contributed by atoms with Gasteiger partial charge in [-0.1, -0.05) is 54.6 Å². The van der Waals surface area contributed by atoms with E-state index in [4.69, 9.17) is 9.88 Å². The highest BCUT2D eigenvalue weighted by molar-refractivity contribution is 7.89. The molecule has 3 aromatic rings. The molecule has 0 fully saturated rings. The van der Waals surface area contributed by atoms with Crippen molar-refractivity contribution in [2.75, 3.05) is 12.4 Å². The fraction of sp³-hybridized carbons (Fsp3) is 0.0952. The number of rotatable bonds is 6. The topological polar surface area (TPSA) is 98.5 Å². The van der Waals surface area contributed by atoms with Gasteiger partial charge in [0, 0.05) is 5.69 Å². The average Bonchev–Trinajstić information content (AvgIpc) is 2.68. The highest BCUT2D eigenvalue weighted by Gasteiger charge is 2.16. The van der Waals surface area contributed by atoms with Crippen LogP contribution < -0.4 is 15.2 Å². The van der Waals surface area contributed by atoms with E-state index in [0.29, 0.717) is 5.69 Å². The Balaban J connectivity index is 1.71. The van der Waals surface area contributed by atoms with Gasteiger partial charge >= 0.3 is 0 Å². The largest absolute Gasteiger partial charge is 0.495 e. The van der Waals surface area contributed by atoms with Gasteiger partial charge < -0.3 is 10.1 Å². The van der Waals surface area contributed by atoms with Crippen molar-refractivity contribution in [3.8, 4) is 16.9 Å². The molecular formula is C21H20N2O4S. The molecule has 0 radical (unpaired) electrons. The van der Waals surface area contributed by atoms with Crippen molar-refractivity contribution in [2.45, 2.75) is 11.3 Å². The maximum atomic E-state index is 12.3. The van der Waals surface area contributed by atoms with E-state index in [1.165, 1.54) is 19.2 Å². The molecule has 0 atom stereocenters. The van der Waals surface area contributed by atoms with E-state index in [1.807, 2.05) is 54.6 Å². The Morgan fingerprint density at radius 1 is 0.964 bits per heavy atom. The van der Waals surface area contributed by atoms with Crippen LogP contribution >= 0.6 is 0 Å². The number of primary sulfonamides is 1. The van der Waals surface area contributed by atoms with Gasteiger partial charge in [-0.05, 0) is 34.9 Å². The normalized spacial score (nSPS) is 11.1. The second kappa shape index (κ2) is 8.24. The minimum absolute atomic E-state index is 0.122. The molecule has 3 N–H and O–H groups in total. The number of ether oxygens (including phenoxy) is 1. The molecule has 3 aromatic carbocycles. The van der Waals surface area contributed by atoms with Gasteiger partial charge in [0.15, 0.2) is 0 Å². The molecule has 0 saturated heterocycles. The highest BCUT2D eigenvalue weighted by atomic mass is 32.2. The predicted molar refractivity (Wildman–Crippen MR) is 109 cm³/mol. The molecule has 1 amide bonds. The summed E-state index contributed by atoms with van der Waals surface area (Å²) in [6.45, 7) is 0. The van der Waals surface area contributed by atoms with Crippen LogP contribution in [0.5, 0.6) is 5.75 Å². The fourth-order valence-corrected chi connectivity index (χ4v) is 3.54. The Kier molecular flexibility index (Phi) is 5.77.